The molecule has 2 fully saturated rings. The van der Waals surface area contributed by atoms with Crippen molar-refractivity contribution in [1.29, 1.82) is 0 Å². The van der Waals surface area contributed by atoms with Crippen LogP contribution in [0, 0.1) is 5.92 Å². The molecule has 2 aromatic carbocycles. The number of rotatable bonds is 5. The van der Waals surface area contributed by atoms with Crippen molar-refractivity contribution in [3.05, 3.63) is 47.5 Å². The first-order chi connectivity index (χ1) is 15.0. The average Bonchev–Trinajstić information content (AvgIpc) is 2.76. The number of carbonyl (C=O) groups is 3. The minimum absolute atomic E-state index is 0.00817. The molecule has 4 rings (SSSR count). The van der Waals surface area contributed by atoms with E-state index in [2.05, 4.69) is 19.2 Å². The zero-order valence-electron chi connectivity index (χ0n) is 18.0. The minimum Gasteiger partial charge on any atom is -0.493 e. The third kappa shape index (κ3) is 4.33. The predicted octanol–water partition coefficient (Wildman–Crippen LogP) is 4.67. The van der Waals surface area contributed by atoms with E-state index >= 15 is 0 Å². The average molecular weight is 421 g/mol. The fourth-order valence-electron chi connectivity index (χ4n) is 4.30. The number of hydrogen-bond donors (Lipinski definition) is 1. The molecule has 1 aliphatic carbocycles. The van der Waals surface area contributed by atoms with Gasteiger partial charge in [-0.2, -0.15) is 0 Å². The predicted molar refractivity (Wildman–Crippen MR) is 120 cm³/mol. The van der Waals surface area contributed by atoms with Gasteiger partial charge < -0.3 is 4.74 Å². The van der Waals surface area contributed by atoms with Gasteiger partial charge in [0.2, 0.25) is 0 Å². The Hall–Kier alpha value is -3.15. The highest BCUT2D eigenvalue weighted by atomic mass is 16.5. The molecule has 0 radical (unpaired) electrons. The molecule has 0 unspecified atom stereocenters. The first-order valence-corrected chi connectivity index (χ1v) is 11.0. The van der Waals surface area contributed by atoms with E-state index in [4.69, 9.17) is 4.74 Å². The van der Waals surface area contributed by atoms with E-state index in [1.54, 1.807) is 6.08 Å². The van der Waals surface area contributed by atoms with Crippen LogP contribution >= 0.6 is 0 Å². The molecule has 6 heteroatoms. The van der Waals surface area contributed by atoms with Crippen molar-refractivity contribution in [2.45, 2.75) is 52.0 Å². The SMILES string of the molecule is CC(C)COc1ccc(/C=C2\C(=O)NC(=O)N(C3CCCCC3)C2=O)c2ccccc12. The molecule has 2 aromatic rings. The molecule has 1 saturated heterocycles. The summed E-state index contributed by atoms with van der Waals surface area (Å²) in [5, 5.41) is 4.16. The molecule has 1 heterocycles. The van der Waals surface area contributed by atoms with Crippen molar-refractivity contribution < 1.29 is 19.1 Å². The third-order valence-electron chi connectivity index (χ3n) is 5.86. The summed E-state index contributed by atoms with van der Waals surface area (Å²) in [5.74, 6) is 0.00782. The molecule has 1 aliphatic heterocycles. The maximum atomic E-state index is 13.2. The quantitative estimate of drug-likeness (QED) is 0.563. The van der Waals surface area contributed by atoms with Crippen LogP contribution < -0.4 is 10.1 Å². The van der Waals surface area contributed by atoms with Gasteiger partial charge >= 0.3 is 6.03 Å². The van der Waals surface area contributed by atoms with Gasteiger partial charge in [-0.25, -0.2) is 4.79 Å². The van der Waals surface area contributed by atoms with Crippen LogP contribution in [0.2, 0.25) is 0 Å². The van der Waals surface area contributed by atoms with Gasteiger partial charge in [0.15, 0.2) is 0 Å². The number of fused-ring (bicyclic) bond motifs is 1. The fourth-order valence-corrected chi connectivity index (χ4v) is 4.30. The molecule has 31 heavy (non-hydrogen) atoms. The van der Waals surface area contributed by atoms with Gasteiger partial charge in [-0.1, -0.05) is 63.4 Å². The van der Waals surface area contributed by atoms with Gasteiger partial charge in [0, 0.05) is 11.4 Å². The van der Waals surface area contributed by atoms with Gasteiger partial charge in [-0.3, -0.25) is 19.8 Å². The molecule has 6 nitrogen and oxygen atoms in total. The van der Waals surface area contributed by atoms with E-state index in [0.29, 0.717) is 12.5 Å². The summed E-state index contributed by atoms with van der Waals surface area (Å²) in [6.45, 7) is 4.78. The molecule has 162 valence electrons. The number of hydrogen-bond acceptors (Lipinski definition) is 4. The standard InChI is InChI=1S/C25H28N2O4/c1-16(2)15-31-22-13-12-17(19-10-6-7-11-20(19)22)14-21-23(28)26-25(30)27(24(21)29)18-8-4-3-5-9-18/h6-7,10-14,16,18H,3-5,8-9,15H2,1-2H3,(H,26,28,30)/b21-14+. The van der Waals surface area contributed by atoms with Gasteiger partial charge in [0.25, 0.3) is 11.8 Å². The molecule has 2 aliphatic rings. The first-order valence-electron chi connectivity index (χ1n) is 11.0. The molecule has 0 bridgehead atoms. The van der Waals surface area contributed by atoms with Crippen LogP contribution in [-0.2, 0) is 9.59 Å². The Bertz CT molecular complexity index is 1050. The Morgan fingerprint density at radius 1 is 1.03 bits per heavy atom. The lowest BCUT2D eigenvalue weighted by molar-refractivity contribution is -0.132. The van der Waals surface area contributed by atoms with Gasteiger partial charge in [-0.15, -0.1) is 0 Å². The van der Waals surface area contributed by atoms with Crippen molar-refractivity contribution in [3.63, 3.8) is 0 Å². The maximum Gasteiger partial charge on any atom is 0.331 e. The molecular weight excluding hydrogens is 392 g/mol. The lowest BCUT2D eigenvalue weighted by Crippen LogP contribution is -2.58. The number of imide groups is 2. The maximum absolute atomic E-state index is 13.2. The van der Waals surface area contributed by atoms with Crippen molar-refractivity contribution >= 4 is 34.7 Å². The van der Waals surface area contributed by atoms with E-state index < -0.39 is 17.8 Å². The number of carbonyl (C=O) groups excluding carboxylic acids is 3. The smallest absolute Gasteiger partial charge is 0.331 e. The second-order valence-electron chi connectivity index (χ2n) is 8.69. The van der Waals surface area contributed by atoms with Crippen LogP contribution in [-0.4, -0.2) is 35.4 Å². The van der Waals surface area contributed by atoms with E-state index in [-0.39, 0.29) is 11.6 Å². The zero-order chi connectivity index (χ0) is 22.0. The lowest BCUT2D eigenvalue weighted by Gasteiger charge is -2.35. The molecule has 4 amide bonds. The van der Waals surface area contributed by atoms with E-state index in [1.165, 1.54) is 4.90 Å². The largest absolute Gasteiger partial charge is 0.493 e. The van der Waals surface area contributed by atoms with E-state index in [9.17, 15) is 14.4 Å². The minimum atomic E-state index is -0.647. The van der Waals surface area contributed by atoms with Crippen LogP contribution in [0.4, 0.5) is 4.79 Å². The van der Waals surface area contributed by atoms with Crippen molar-refractivity contribution in [1.82, 2.24) is 10.2 Å². The molecule has 0 atom stereocenters. The summed E-state index contributed by atoms with van der Waals surface area (Å²) < 4.78 is 5.96. The van der Waals surface area contributed by atoms with E-state index in [0.717, 1.165) is 54.2 Å². The van der Waals surface area contributed by atoms with Gasteiger partial charge in [-0.05, 0) is 41.9 Å². The molecule has 0 spiro atoms. The summed E-state index contributed by atoms with van der Waals surface area (Å²) in [6.07, 6.45) is 6.23. The Morgan fingerprint density at radius 2 is 1.74 bits per heavy atom. The molecule has 1 saturated carbocycles. The number of amides is 4. The molecule has 0 aromatic heterocycles. The van der Waals surface area contributed by atoms with Crippen molar-refractivity contribution in [2.75, 3.05) is 6.61 Å². The van der Waals surface area contributed by atoms with Gasteiger partial charge in [0.05, 0.1) is 6.61 Å². The third-order valence-corrected chi connectivity index (χ3v) is 5.86. The Labute approximate surface area is 182 Å². The van der Waals surface area contributed by atoms with Crippen LogP contribution in [0.3, 0.4) is 0 Å². The molecule has 1 N–H and O–H groups in total. The molecular formula is C25H28N2O4. The monoisotopic (exact) mass is 420 g/mol. The number of nitrogens with zero attached hydrogens (tertiary/aromatic N) is 1. The Balaban J connectivity index is 1.71. The van der Waals surface area contributed by atoms with E-state index in [1.807, 2.05) is 36.4 Å². The topological polar surface area (TPSA) is 75.7 Å². The number of urea groups is 1. The van der Waals surface area contributed by atoms with Crippen LogP contribution in [0.1, 0.15) is 51.5 Å². The fraction of sp³-hybridized carbons (Fsp3) is 0.400. The highest BCUT2D eigenvalue weighted by molar-refractivity contribution is 6.31. The summed E-state index contributed by atoms with van der Waals surface area (Å²) in [4.78, 5) is 39.4. The number of benzene rings is 2. The second-order valence-corrected chi connectivity index (χ2v) is 8.69. The lowest BCUT2D eigenvalue weighted by atomic mass is 9.93. The van der Waals surface area contributed by atoms with Gasteiger partial charge in [0.1, 0.15) is 11.3 Å². The zero-order valence-corrected chi connectivity index (χ0v) is 18.0. The second kappa shape index (κ2) is 8.92. The summed E-state index contributed by atoms with van der Waals surface area (Å²) in [5.41, 5.74) is 0.732. The normalized spacial score (nSPS) is 19.4. The van der Waals surface area contributed by atoms with Crippen molar-refractivity contribution in [3.8, 4) is 5.75 Å². The Kier molecular flexibility index (Phi) is 6.07. The highest BCUT2D eigenvalue weighted by Gasteiger charge is 2.40. The summed E-state index contributed by atoms with van der Waals surface area (Å²) in [6, 6.07) is 10.7. The first kappa shape index (κ1) is 21.1. The number of nitrogens with one attached hydrogen (secondary N) is 1. The number of ether oxygens (including phenoxy) is 1. The summed E-state index contributed by atoms with van der Waals surface area (Å²) >= 11 is 0. The van der Waals surface area contributed by atoms with Crippen molar-refractivity contribution in [2.24, 2.45) is 5.92 Å². The highest BCUT2D eigenvalue weighted by Crippen LogP contribution is 2.31. The Morgan fingerprint density at radius 3 is 2.45 bits per heavy atom. The van der Waals surface area contributed by atoms with Crippen LogP contribution in [0.5, 0.6) is 5.75 Å². The van der Waals surface area contributed by atoms with Crippen LogP contribution in [0.15, 0.2) is 42.0 Å². The van der Waals surface area contributed by atoms with Crippen LogP contribution in [0.25, 0.3) is 16.8 Å². The summed E-state index contributed by atoms with van der Waals surface area (Å²) in [7, 11) is 0. The number of barbiturate groups is 1.